The number of pyridine rings is 2. The highest BCUT2D eigenvalue weighted by Crippen LogP contribution is 2.31. The highest BCUT2D eigenvalue weighted by atomic mass is 32.2. The highest BCUT2D eigenvalue weighted by molar-refractivity contribution is 7.90. The first kappa shape index (κ1) is 27.1. The zero-order valence-electron chi connectivity index (χ0n) is 20.4. The van der Waals surface area contributed by atoms with Gasteiger partial charge in [0.1, 0.15) is 11.3 Å². The Morgan fingerprint density at radius 1 is 1.14 bits per heavy atom. The number of rotatable bonds is 6. The summed E-state index contributed by atoms with van der Waals surface area (Å²) in [6.45, 7) is 6.91. The summed E-state index contributed by atoms with van der Waals surface area (Å²) in [4.78, 5) is 29.9. The van der Waals surface area contributed by atoms with Crippen molar-refractivity contribution < 1.29 is 26.4 Å². The minimum absolute atomic E-state index is 0.0101. The van der Waals surface area contributed by atoms with Crippen LogP contribution in [0.15, 0.2) is 52.4 Å². The van der Waals surface area contributed by atoms with E-state index in [4.69, 9.17) is 0 Å². The first-order chi connectivity index (χ1) is 16.6. The Bertz CT molecular complexity index is 1490. The van der Waals surface area contributed by atoms with Gasteiger partial charge in [-0.05, 0) is 62.6 Å². The summed E-state index contributed by atoms with van der Waals surface area (Å²) in [5.41, 5.74) is -0.524. The van der Waals surface area contributed by atoms with Crippen LogP contribution in [0.3, 0.4) is 0 Å². The zero-order valence-corrected chi connectivity index (χ0v) is 21.2. The van der Waals surface area contributed by atoms with Gasteiger partial charge in [-0.2, -0.15) is 13.2 Å². The lowest BCUT2D eigenvalue weighted by Crippen LogP contribution is -2.31. The molecule has 36 heavy (non-hydrogen) atoms. The first-order valence-corrected chi connectivity index (χ1v) is 12.9. The number of amides is 1. The third kappa shape index (κ3) is 5.67. The molecule has 7 nitrogen and oxygen atoms in total. The topological polar surface area (TPSA) is 98.1 Å². The molecule has 1 N–H and O–H groups in total. The highest BCUT2D eigenvalue weighted by Gasteiger charge is 2.33. The van der Waals surface area contributed by atoms with E-state index in [9.17, 15) is 31.2 Å². The summed E-state index contributed by atoms with van der Waals surface area (Å²) in [5.74, 6) is -0.703. The van der Waals surface area contributed by atoms with Gasteiger partial charge >= 0.3 is 6.18 Å². The maximum atomic E-state index is 13.3. The quantitative estimate of drug-likeness (QED) is 0.517. The van der Waals surface area contributed by atoms with Crippen LogP contribution in [0.2, 0.25) is 0 Å². The van der Waals surface area contributed by atoms with Crippen LogP contribution in [0.4, 0.5) is 13.2 Å². The molecule has 0 radical (unpaired) electrons. The SMILES string of the molecule is Cc1cc(CNC(=O)c2cn(C(C)C)c(C)c(-c3ccnc(C(F)(F)F)c3)c2=O)ccc1S(C)(=O)=O. The number of carbonyl (C=O) groups is 1. The largest absolute Gasteiger partial charge is 0.433 e. The van der Waals surface area contributed by atoms with Crippen molar-refractivity contribution in [3.05, 3.63) is 81.0 Å². The van der Waals surface area contributed by atoms with Crippen molar-refractivity contribution in [2.45, 2.75) is 51.4 Å². The Kier molecular flexibility index (Phi) is 7.45. The van der Waals surface area contributed by atoms with E-state index in [2.05, 4.69) is 10.3 Å². The monoisotopic (exact) mass is 521 g/mol. The molecule has 0 saturated heterocycles. The summed E-state index contributed by atoms with van der Waals surface area (Å²) in [6.07, 6.45) is -1.22. The van der Waals surface area contributed by atoms with E-state index < -0.39 is 33.0 Å². The van der Waals surface area contributed by atoms with Crippen molar-refractivity contribution >= 4 is 15.7 Å². The lowest BCUT2D eigenvalue weighted by atomic mass is 10.0. The summed E-state index contributed by atoms with van der Waals surface area (Å²) in [7, 11) is -3.40. The predicted molar refractivity (Wildman–Crippen MR) is 130 cm³/mol. The molecule has 0 aliphatic heterocycles. The van der Waals surface area contributed by atoms with Crippen LogP contribution in [-0.2, 0) is 22.6 Å². The van der Waals surface area contributed by atoms with Gasteiger partial charge in [-0.25, -0.2) is 8.42 Å². The standard InChI is InChI=1S/C25H26F3N3O4S/c1-14(2)31-13-19(24(33)30-12-17-6-7-20(15(3)10-17)36(5,34)35)23(32)22(16(31)4)18-8-9-29-21(11-18)25(26,27)28/h6-11,13-14H,12H2,1-5H3,(H,30,33). The molecule has 0 unspecified atom stereocenters. The summed E-state index contributed by atoms with van der Waals surface area (Å²) >= 11 is 0. The molecule has 0 fully saturated rings. The molecule has 11 heteroatoms. The fourth-order valence-corrected chi connectivity index (χ4v) is 4.98. The number of sulfone groups is 1. The number of benzene rings is 1. The number of nitrogens with zero attached hydrogens (tertiary/aromatic N) is 2. The average molecular weight is 522 g/mol. The lowest BCUT2D eigenvalue weighted by Gasteiger charge is -2.20. The molecule has 192 valence electrons. The van der Waals surface area contributed by atoms with Crippen LogP contribution in [0.1, 0.15) is 52.8 Å². The Morgan fingerprint density at radius 3 is 2.36 bits per heavy atom. The van der Waals surface area contributed by atoms with Gasteiger partial charge < -0.3 is 9.88 Å². The van der Waals surface area contributed by atoms with E-state index in [1.807, 2.05) is 13.8 Å². The maximum Gasteiger partial charge on any atom is 0.433 e. The Hall–Kier alpha value is -3.47. The molecular formula is C25H26F3N3O4S. The molecule has 0 atom stereocenters. The first-order valence-electron chi connectivity index (χ1n) is 11.0. The smallest absolute Gasteiger partial charge is 0.348 e. The molecule has 1 amide bonds. The van der Waals surface area contributed by atoms with E-state index in [1.54, 1.807) is 30.5 Å². The number of halogens is 3. The van der Waals surface area contributed by atoms with Gasteiger partial charge in [-0.15, -0.1) is 0 Å². The van der Waals surface area contributed by atoms with Gasteiger partial charge in [0.15, 0.2) is 9.84 Å². The van der Waals surface area contributed by atoms with Crippen LogP contribution in [0.25, 0.3) is 11.1 Å². The van der Waals surface area contributed by atoms with Crippen molar-refractivity contribution in [3.63, 3.8) is 0 Å². The van der Waals surface area contributed by atoms with Crippen LogP contribution >= 0.6 is 0 Å². The summed E-state index contributed by atoms with van der Waals surface area (Å²) in [6, 6.07) is 6.54. The van der Waals surface area contributed by atoms with Crippen LogP contribution in [-0.4, -0.2) is 30.1 Å². The van der Waals surface area contributed by atoms with E-state index in [1.165, 1.54) is 18.3 Å². The van der Waals surface area contributed by atoms with Crippen molar-refractivity contribution in [2.75, 3.05) is 6.26 Å². The molecule has 3 rings (SSSR count). The van der Waals surface area contributed by atoms with Gasteiger partial charge in [0, 0.05) is 42.5 Å². The molecule has 0 aliphatic carbocycles. The van der Waals surface area contributed by atoms with E-state index in [0.717, 1.165) is 18.5 Å². The number of aryl methyl sites for hydroxylation is 1. The van der Waals surface area contributed by atoms with Crippen LogP contribution in [0, 0.1) is 13.8 Å². The van der Waals surface area contributed by atoms with Crippen LogP contribution in [0.5, 0.6) is 0 Å². The van der Waals surface area contributed by atoms with Crippen molar-refractivity contribution in [1.82, 2.24) is 14.9 Å². The average Bonchev–Trinajstić information content (AvgIpc) is 2.76. The van der Waals surface area contributed by atoms with Crippen molar-refractivity contribution in [1.29, 1.82) is 0 Å². The maximum absolute atomic E-state index is 13.3. The fraction of sp³-hybridized carbons (Fsp3) is 0.320. The second-order valence-corrected chi connectivity index (χ2v) is 10.8. The lowest BCUT2D eigenvalue weighted by molar-refractivity contribution is -0.141. The Balaban J connectivity index is 2.02. The number of alkyl halides is 3. The fourth-order valence-electron chi connectivity index (χ4n) is 4.02. The molecule has 0 aliphatic rings. The zero-order chi connectivity index (χ0) is 27.0. The molecule has 3 aromatic rings. The summed E-state index contributed by atoms with van der Waals surface area (Å²) < 4.78 is 65.0. The molecule has 2 heterocycles. The minimum atomic E-state index is -4.69. The number of hydrogen-bond acceptors (Lipinski definition) is 5. The number of carbonyl (C=O) groups excluding carboxylic acids is 1. The van der Waals surface area contributed by atoms with Gasteiger partial charge in [0.2, 0.25) is 5.43 Å². The van der Waals surface area contributed by atoms with Gasteiger partial charge in [-0.3, -0.25) is 14.6 Å². The van der Waals surface area contributed by atoms with Gasteiger partial charge in [0.05, 0.1) is 4.90 Å². The molecular weight excluding hydrogens is 495 g/mol. The predicted octanol–water partition coefficient (Wildman–Crippen LogP) is 4.46. The van der Waals surface area contributed by atoms with Crippen molar-refractivity contribution in [3.8, 4) is 11.1 Å². The van der Waals surface area contributed by atoms with E-state index >= 15 is 0 Å². The van der Waals surface area contributed by atoms with Gasteiger partial charge in [-0.1, -0.05) is 12.1 Å². The third-order valence-electron chi connectivity index (χ3n) is 5.72. The number of nitrogens with one attached hydrogen (secondary N) is 1. The molecule has 0 saturated carbocycles. The third-order valence-corrected chi connectivity index (χ3v) is 6.98. The normalized spacial score (nSPS) is 12.1. The minimum Gasteiger partial charge on any atom is -0.348 e. The Morgan fingerprint density at radius 2 is 1.81 bits per heavy atom. The molecule has 0 spiro atoms. The Labute approximate surface area is 206 Å². The van der Waals surface area contributed by atoms with Gasteiger partial charge in [0.25, 0.3) is 5.91 Å². The number of hydrogen-bond donors (Lipinski definition) is 1. The second-order valence-electron chi connectivity index (χ2n) is 8.82. The molecule has 2 aromatic heterocycles. The van der Waals surface area contributed by atoms with Crippen molar-refractivity contribution in [2.24, 2.45) is 0 Å². The summed E-state index contributed by atoms with van der Waals surface area (Å²) in [5, 5.41) is 2.65. The second kappa shape index (κ2) is 9.88. The molecule has 1 aromatic carbocycles. The molecule has 0 bridgehead atoms. The number of aromatic nitrogens is 2. The van der Waals surface area contributed by atoms with E-state index in [0.29, 0.717) is 16.8 Å². The van der Waals surface area contributed by atoms with E-state index in [-0.39, 0.29) is 34.2 Å². The van der Waals surface area contributed by atoms with Crippen LogP contribution < -0.4 is 10.7 Å².